The van der Waals surface area contributed by atoms with Crippen molar-refractivity contribution in [1.82, 2.24) is 10.3 Å². The second-order valence-electron chi connectivity index (χ2n) is 5.30. The molecular formula is C17H22N2. The summed E-state index contributed by atoms with van der Waals surface area (Å²) in [4.78, 5) is 4.63. The van der Waals surface area contributed by atoms with Gasteiger partial charge in [0.2, 0.25) is 0 Å². The molecule has 0 aliphatic rings. The van der Waals surface area contributed by atoms with Gasteiger partial charge in [-0.05, 0) is 57.0 Å². The number of nitrogens with zero attached hydrogens (tertiary/aromatic N) is 1. The van der Waals surface area contributed by atoms with E-state index in [1.807, 2.05) is 13.2 Å². The third-order valence-corrected chi connectivity index (χ3v) is 3.55. The lowest BCUT2D eigenvalue weighted by molar-refractivity contribution is 0.661. The molecule has 1 aromatic carbocycles. The Morgan fingerprint density at radius 3 is 2.21 bits per heavy atom. The second-order valence-corrected chi connectivity index (χ2v) is 5.30. The summed E-state index contributed by atoms with van der Waals surface area (Å²) in [6.45, 7) is 8.50. The minimum absolute atomic E-state index is 0.154. The van der Waals surface area contributed by atoms with Crippen molar-refractivity contribution in [3.05, 3.63) is 64.0 Å². The maximum absolute atomic E-state index is 4.63. The Morgan fingerprint density at radius 2 is 1.63 bits per heavy atom. The molecule has 100 valence electrons. The average molecular weight is 254 g/mol. The fourth-order valence-electron chi connectivity index (χ4n) is 2.62. The molecule has 0 aliphatic heterocycles. The van der Waals surface area contributed by atoms with Crippen molar-refractivity contribution in [1.29, 1.82) is 0 Å². The molecular weight excluding hydrogens is 232 g/mol. The molecule has 1 unspecified atom stereocenters. The van der Waals surface area contributed by atoms with Crippen LogP contribution in [-0.4, -0.2) is 12.0 Å². The van der Waals surface area contributed by atoms with Crippen molar-refractivity contribution in [3.63, 3.8) is 0 Å². The lowest BCUT2D eigenvalue weighted by atomic mass is 9.94. The van der Waals surface area contributed by atoms with Crippen molar-refractivity contribution < 1.29 is 0 Å². The van der Waals surface area contributed by atoms with Crippen LogP contribution in [0.5, 0.6) is 0 Å². The van der Waals surface area contributed by atoms with Gasteiger partial charge in [-0.3, -0.25) is 4.98 Å². The minimum Gasteiger partial charge on any atom is -0.308 e. The summed E-state index contributed by atoms with van der Waals surface area (Å²) >= 11 is 0. The van der Waals surface area contributed by atoms with Gasteiger partial charge in [0.15, 0.2) is 0 Å². The highest BCUT2D eigenvalue weighted by atomic mass is 14.9. The van der Waals surface area contributed by atoms with Crippen molar-refractivity contribution in [2.45, 2.75) is 33.7 Å². The van der Waals surface area contributed by atoms with Gasteiger partial charge in [0, 0.05) is 6.20 Å². The van der Waals surface area contributed by atoms with E-state index in [-0.39, 0.29) is 6.04 Å². The molecule has 0 amide bonds. The van der Waals surface area contributed by atoms with Crippen molar-refractivity contribution in [3.8, 4) is 0 Å². The third-order valence-electron chi connectivity index (χ3n) is 3.55. The smallest absolute Gasteiger partial charge is 0.0754 e. The lowest BCUT2D eigenvalue weighted by Crippen LogP contribution is -2.21. The van der Waals surface area contributed by atoms with E-state index >= 15 is 0 Å². The first-order valence-electron chi connectivity index (χ1n) is 6.70. The summed E-state index contributed by atoms with van der Waals surface area (Å²) in [5, 5.41) is 3.39. The Bertz CT molecular complexity index is 536. The van der Waals surface area contributed by atoms with Crippen LogP contribution in [0.2, 0.25) is 0 Å². The van der Waals surface area contributed by atoms with Crippen LogP contribution in [-0.2, 0) is 0 Å². The van der Waals surface area contributed by atoms with Gasteiger partial charge in [-0.2, -0.15) is 0 Å². The van der Waals surface area contributed by atoms with Crippen LogP contribution in [0, 0.1) is 27.7 Å². The van der Waals surface area contributed by atoms with Gasteiger partial charge >= 0.3 is 0 Å². The number of nitrogens with one attached hydrogen (secondary N) is 1. The fraction of sp³-hybridized carbons (Fsp3) is 0.353. The van der Waals surface area contributed by atoms with Gasteiger partial charge in [-0.15, -0.1) is 0 Å². The number of aryl methyl sites for hydroxylation is 4. The predicted octanol–water partition coefficient (Wildman–Crippen LogP) is 3.62. The van der Waals surface area contributed by atoms with E-state index in [0.717, 1.165) is 5.69 Å². The molecule has 0 radical (unpaired) electrons. The molecule has 0 saturated heterocycles. The average Bonchev–Trinajstić information content (AvgIpc) is 2.34. The quantitative estimate of drug-likeness (QED) is 0.905. The minimum atomic E-state index is 0.154. The number of benzene rings is 1. The highest BCUT2D eigenvalue weighted by molar-refractivity contribution is 5.39. The first-order chi connectivity index (χ1) is 9.02. The summed E-state index contributed by atoms with van der Waals surface area (Å²) in [5.41, 5.74) is 7.45. The molecule has 1 heterocycles. The second kappa shape index (κ2) is 5.54. The van der Waals surface area contributed by atoms with Gasteiger partial charge in [0.1, 0.15) is 0 Å². The molecule has 2 rings (SSSR count). The van der Waals surface area contributed by atoms with Crippen LogP contribution in [0.4, 0.5) is 0 Å². The zero-order chi connectivity index (χ0) is 14.0. The molecule has 1 N–H and O–H groups in total. The maximum Gasteiger partial charge on any atom is 0.0754 e. The number of aromatic nitrogens is 1. The molecule has 0 spiro atoms. The van der Waals surface area contributed by atoms with Gasteiger partial charge in [-0.25, -0.2) is 0 Å². The Balaban J connectivity index is 2.50. The van der Waals surface area contributed by atoms with Crippen molar-refractivity contribution in [2.24, 2.45) is 0 Å². The van der Waals surface area contributed by atoms with E-state index in [4.69, 9.17) is 0 Å². The third kappa shape index (κ3) is 2.85. The molecule has 2 aromatic rings. The van der Waals surface area contributed by atoms with Crippen LogP contribution in [0.15, 0.2) is 30.5 Å². The van der Waals surface area contributed by atoms with Gasteiger partial charge in [0.05, 0.1) is 11.7 Å². The van der Waals surface area contributed by atoms with E-state index in [1.165, 1.54) is 27.8 Å². The number of rotatable bonds is 3. The Kier molecular flexibility index (Phi) is 4.01. The van der Waals surface area contributed by atoms with Crippen LogP contribution < -0.4 is 5.32 Å². The van der Waals surface area contributed by atoms with E-state index < -0.39 is 0 Å². The van der Waals surface area contributed by atoms with E-state index in [0.29, 0.717) is 0 Å². The highest BCUT2D eigenvalue weighted by Gasteiger charge is 2.17. The lowest BCUT2D eigenvalue weighted by Gasteiger charge is -2.21. The molecule has 2 heteroatoms. The maximum atomic E-state index is 4.63. The molecule has 0 fully saturated rings. The Labute approximate surface area is 115 Å². The Morgan fingerprint density at radius 1 is 0.947 bits per heavy atom. The molecule has 2 nitrogen and oxygen atoms in total. The van der Waals surface area contributed by atoms with E-state index in [1.54, 1.807) is 0 Å². The zero-order valence-electron chi connectivity index (χ0n) is 12.4. The summed E-state index contributed by atoms with van der Waals surface area (Å²) < 4.78 is 0. The molecule has 0 bridgehead atoms. The van der Waals surface area contributed by atoms with Crippen LogP contribution >= 0.6 is 0 Å². The fourth-order valence-corrected chi connectivity index (χ4v) is 2.62. The van der Waals surface area contributed by atoms with Gasteiger partial charge in [-0.1, -0.05) is 29.8 Å². The van der Waals surface area contributed by atoms with E-state index in [9.17, 15) is 0 Å². The first kappa shape index (κ1) is 13.8. The molecule has 1 atom stereocenters. The molecule has 0 saturated carbocycles. The molecule has 19 heavy (non-hydrogen) atoms. The van der Waals surface area contributed by atoms with E-state index in [2.05, 4.69) is 62.3 Å². The van der Waals surface area contributed by atoms with Crippen LogP contribution in [0.25, 0.3) is 0 Å². The predicted molar refractivity (Wildman–Crippen MR) is 80.5 cm³/mol. The summed E-state index contributed by atoms with van der Waals surface area (Å²) in [6, 6.07) is 8.93. The summed E-state index contributed by atoms with van der Waals surface area (Å²) in [6.07, 6.45) is 1.94. The van der Waals surface area contributed by atoms with Crippen LogP contribution in [0.3, 0.4) is 0 Å². The zero-order valence-corrected chi connectivity index (χ0v) is 12.4. The molecule has 1 aromatic heterocycles. The summed E-state index contributed by atoms with van der Waals surface area (Å²) in [5.74, 6) is 0. The van der Waals surface area contributed by atoms with Gasteiger partial charge in [0.25, 0.3) is 0 Å². The molecule has 0 aliphatic carbocycles. The highest BCUT2D eigenvalue weighted by Crippen LogP contribution is 2.26. The normalized spacial score (nSPS) is 12.5. The summed E-state index contributed by atoms with van der Waals surface area (Å²) in [7, 11) is 1.99. The monoisotopic (exact) mass is 254 g/mol. The first-order valence-corrected chi connectivity index (χ1v) is 6.70. The largest absolute Gasteiger partial charge is 0.308 e. The van der Waals surface area contributed by atoms with Gasteiger partial charge < -0.3 is 5.32 Å². The van der Waals surface area contributed by atoms with Crippen molar-refractivity contribution in [2.75, 3.05) is 7.05 Å². The Hall–Kier alpha value is -1.67. The standard InChI is InChI=1S/C17H22N2/c1-11-6-7-15(13(3)8-11)17(18-5)16-14(4)9-12(2)10-19-16/h6-10,17-18H,1-5H3. The number of hydrogen-bond donors (Lipinski definition) is 1. The number of pyridine rings is 1. The number of hydrogen-bond acceptors (Lipinski definition) is 2. The SMILES string of the molecule is CNC(c1ccc(C)cc1C)c1ncc(C)cc1C. The van der Waals surface area contributed by atoms with Crippen LogP contribution in [0.1, 0.15) is 39.6 Å². The van der Waals surface area contributed by atoms with Crippen molar-refractivity contribution >= 4 is 0 Å². The topological polar surface area (TPSA) is 24.9 Å².